The van der Waals surface area contributed by atoms with Crippen LogP contribution in [0, 0.1) is 5.92 Å². The highest BCUT2D eigenvalue weighted by Gasteiger charge is 2.22. The fourth-order valence-corrected chi connectivity index (χ4v) is 3.55. The van der Waals surface area contributed by atoms with Gasteiger partial charge in [-0.3, -0.25) is 0 Å². The molecule has 116 valence electrons. The van der Waals surface area contributed by atoms with Crippen LogP contribution in [0.3, 0.4) is 0 Å². The monoisotopic (exact) mass is 288 g/mol. The van der Waals surface area contributed by atoms with E-state index in [0.29, 0.717) is 6.04 Å². The highest BCUT2D eigenvalue weighted by Crippen LogP contribution is 2.30. The molecule has 0 aromatic heterocycles. The Bertz CT molecular complexity index is 488. The summed E-state index contributed by atoms with van der Waals surface area (Å²) in [7, 11) is 0. The first-order valence-corrected chi connectivity index (χ1v) is 8.39. The van der Waals surface area contributed by atoms with Crippen molar-refractivity contribution < 1.29 is 4.74 Å². The fourth-order valence-electron chi connectivity index (χ4n) is 3.55. The Kier molecular flexibility index (Phi) is 4.39. The molecule has 21 heavy (non-hydrogen) atoms. The van der Waals surface area contributed by atoms with Crippen LogP contribution in [0.5, 0.6) is 5.75 Å². The van der Waals surface area contributed by atoms with E-state index >= 15 is 0 Å². The van der Waals surface area contributed by atoms with Crippen molar-refractivity contribution in [2.75, 3.05) is 25.0 Å². The fraction of sp³-hybridized carbons (Fsp3) is 0.667. The first kappa shape index (κ1) is 14.7. The van der Waals surface area contributed by atoms with Gasteiger partial charge in [0.15, 0.2) is 0 Å². The smallest absolute Gasteiger partial charge is 0.142 e. The van der Waals surface area contributed by atoms with Crippen molar-refractivity contribution in [3.8, 4) is 5.75 Å². The average Bonchev–Trinajstić information content (AvgIpc) is 2.47. The van der Waals surface area contributed by atoms with Gasteiger partial charge >= 0.3 is 0 Å². The summed E-state index contributed by atoms with van der Waals surface area (Å²) in [5, 5.41) is 3.47. The molecular formula is C18H28N2O. The zero-order chi connectivity index (χ0) is 14.8. The summed E-state index contributed by atoms with van der Waals surface area (Å²) in [4.78, 5) is 2.65. The van der Waals surface area contributed by atoms with E-state index in [1.165, 1.54) is 31.5 Å². The molecule has 3 unspecified atom stereocenters. The summed E-state index contributed by atoms with van der Waals surface area (Å²) in [6, 6.07) is 7.24. The molecule has 0 spiro atoms. The van der Waals surface area contributed by atoms with E-state index < -0.39 is 0 Å². The van der Waals surface area contributed by atoms with Crippen molar-refractivity contribution in [3.05, 3.63) is 23.8 Å². The number of ether oxygens (including phenoxy) is 1. The Morgan fingerprint density at radius 3 is 3.05 bits per heavy atom. The van der Waals surface area contributed by atoms with Crippen LogP contribution in [0.15, 0.2) is 18.2 Å². The standard InChI is InChI=1S/C18H28N2O/c1-13-5-4-8-20(12-13)14(2)9-16-6-7-18-17(10-16)19-11-15(3)21-18/h6-7,10,13-15,19H,4-5,8-9,11-12H2,1-3H3. The molecule has 0 amide bonds. The third-order valence-electron chi connectivity index (χ3n) is 4.79. The van der Waals surface area contributed by atoms with Gasteiger partial charge in [0.1, 0.15) is 11.9 Å². The second-order valence-corrected chi connectivity index (χ2v) is 6.94. The molecule has 2 heterocycles. The van der Waals surface area contributed by atoms with Gasteiger partial charge in [-0.15, -0.1) is 0 Å². The first-order chi connectivity index (χ1) is 10.1. The van der Waals surface area contributed by atoms with Gasteiger partial charge in [-0.05, 0) is 63.3 Å². The van der Waals surface area contributed by atoms with Gasteiger partial charge in [0.2, 0.25) is 0 Å². The minimum atomic E-state index is 0.261. The molecule has 1 aromatic carbocycles. The van der Waals surface area contributed by atoms with E-state index in [4.69, 9.17) is 4.74 Å². The molecule has 1 saturated heterocycles. The van der Waals surface area contributed by atoms with Crippen LogP contribution in [-0.4, -0.2) is 36.7 Å². The molecule has 2 aliphatic rings. The number of hydrogen-bond acceptors (Lipinski definition) is 3. The molecule has 3 rings (SSSR count). The SMILES string of the molecule is CC1CCCN(C(C)Cc2ccc3c(c2)NCC(C)O3)C1. The lowest BCUT2D eigenvalue weighted by Crippen LogP contribution is -2.41. The Morgan fingerprint density at radius 1 is 1.38 bits per heavy atom. The molecule has 0 radical (unpaired) electrons. The first-order valence-electron chi connectivity index (χ1n) is 8.39. The number of likely N-dealkylation sites (tertiary alicyclic amines) is 1. The summed E-state index contributed by atoms with van der Waals surface area (Å²) >= 11 is 0. The molecule has 1 N–H and O–H groups in total. The van der Waals surface area contributed by atoms with Crippen molar-refractivity contribution >= 4 is 5.69 Å². The Morgan fingerprint density at radius 2 is 2.24 bits per heavy atom. The number of hydrogen-bond donors (Lipinski definition) is 1. The van der Waals surface area contributed by atoms with Crippen molar-refractivity contribution in [1.29, 1.82) is 0 Å². The maximum atomic E-state index is 5.85. The second-order valence-electron chi connectivity index (χ2n) is 6.94. The van der Waals surface area contributed by atoms with Crippen LogP contribution in [0.25, 0.3) is 0 Å². The van der Waals surface area contributed by atoms with Crippen LogP contribution >= 0.6 is 0 Å². The molecular weight excluding hydrogens is 260 g/mol. The minimum Gasteiger partial charge on any atom is -0.487 e. The van der Waals surface area contributed by atoms with E-state index in [0.717, 1.165) is 30.3 Å². The number of fused-ring (bicyclic) bond motifs is 1. The van der Waals surface area contributed by atoms with Gasteiger partial charge in [0.05, 0.1) is 12.2 Å². The minimum absolute atomic E-state index is 0.261. The van der Waals surface area contributed by atoms with Gasteiger partial charge < -0.3 is 15.0 Å². The zero-order valence-electron chi connectivity index (χ0n) is 13.6. The van der Waals surface area contributed by atoms with Gasteiger partial charge in [-0.25, -0.2) is 0 Å². The number of nitrogens with one attached hydrogen (secondary N) is 1. The van der Waals surface area contributed by atoms with E-state index in [1.54, 1.807) is 0 Å². The van der Waals surface area contributed by atoms with Crippen molar-refractivity contribution in [3.63, 3.8) is 0 Å². The Balaban J connectivity index is 1.65. The highest BCUT2D eigenvalue weighted by molar-refractivity contribution is 5.59. The topological polar surface area (TPSA) is 24.5 Å². The largest absolute Gasteiger partial charge is 0.487 e. The third kappa shape index (κ3) is 3.52. The van der Waals surface area contributed by atoms with Gasteiger partial charge in [0, 0.05) is 12.6 Å². The number of anilines is 1. The molecule has 0 saturated carbocycles. The van der Waals surface area contributed by atoms with E-state index in [9.17, 15) is 0 Å². The second kappa shape index (κ2) is 6.27. The normalized spacial score (nSPS) is 27.4. The summed E-state index contributed by atoms with van der Waals surface area (Å²) in [6.07, 6.45) is 4.12. The summed E-state index contributed by atoms with van der Waals surface area (Å²) in [5.74, 6) is 1.85. The van der Waals surface area contributed by atoms with Crippen molar-refractivity contribution in [2.45, 2.75) is 52.2 Å². The molecule has 3 atom stereocenters. The van der Waals surface area contributed by atoms with Crippen LogP contribution in [0.1, 0.15) is 39.2 Å². The number of nitrogens with zero attached hydrogens (tertiary/aromatic N) is 1. The number of benzene rings is 1. The maximum Gasteiger partial charge on any atom is 0.142 e. The Hall–Kier alpha value is -1.22. The molecule has 3 nitrogen and oxygen atoms in total. The van der Waals surface area contributed by atoms with E-state index in [2.05, 4.69) is 49.2 Å². The van der Waals surface area contributed by atoms with Crippen molar-refractivity contribution in [1.82, 2.24) is 4.90 Å². The molecule has 2 aliphatic heterocycles. The summed E-state index contributed by atoms with van der Waals surface area (Å²) < 4.78 is 5.85. The molecule has 0 aliphatic carbocycles. The average molecular weight is 288 g/mol. The van der Waals surface area contributed by atoms with E-state index in [-0.39, 0.29) is 6.10 Å². The quantitative estimate of drug-likeness (QED) is 0.920. The van der Waals surface area contributed by atoms with Crippen molar-refractivity contribution in [2.24, 2.45) is 5.92 Å². The Labute approximate surface area is 128 Å². The lowest BCUT2D eigenvalue weighted by molar-refractivity contribution is 0.138. The summed E-state index contributed by atoms with van der Waals surface area (Å²) in [5.41, 5.74) is 2.56. The predicted molar refractivity (Wildman–Crippen MR) is 88.2 cm³/mol. The lowest BCUT2D eigenvalue weighted by atomic mass is 9.97. The number of piperidine rings is 1. The predicted octanol–water partition coefficient (Wildman–Crippen LogP) is 3.54. The third-order valence-corrected chi connectivity index (χ3v) is 4.79. The van der Waals surface area contributed by atoms with Crippen LogP contribution in [-0.2, 0) is 6.42 Å². The van der Waals surface area contributed by atoms with Gasteiger partial charge in [-0.1, -0.05) is 13.0 Å². The van der Waals surface area contributed by atoms with Gasteiger partial charge in [-0.2, -0.15) is 0 Å². The highest BCUT2D eigenvalue weighted by atomic mass is 16.5. The molecule has 0 bridgehead atoms. The van der Waals surface area contributed by atoms with Crippen LogP contribution in [0.4, 0.5) is 5.69 Å². The summed E-state index contributed by atoms with van der Waals surface area (Å²) in [6.45, 7) is 10.3. The molecule has 3 heteroatoms. The zero-order valence-corrected chi connectivity index (χ0v) is 13.6. The van der Waals surface area contributed by atoms with Crippen LogP contribution in [0.2, 0.25) is 0 Å². The van der Waals surface area contributed by atoms with Gasteiger partial charge in [0.25, 0.3) is 0 Å². The molecule has 1 aromatic rings. The lowest BCUT2D eigenvalue weighted by Gasteiger charge is -2.35. The maximum absolute atomic E-state index is 5.85. The van der Waals surface area contributed by atoms with Crippen LogP contribution < -0.4 is 10.1 Å². The number of rotatable bonds is 3. The van der Waals surface area contributed by atoms with E-state index in [1.807, 2.05) is 0 Å². The molecule has 1 fully saturated rings.